The number of ether oxygens (including phenoxy) is 4. The maximum atomic E-state index is 12.1. The molecule has 0 saturated heterocycles. The van der Waals surface area contributed by atoms with Gasteiger partial charge in [0.15, 0.2) is 0 Å². The molecule has 0 fully saturated rings. The SMILES string of the molecule is C=C(CC(C(=O)OC)(C(=O)OC)C(=O)OC)C(=O)OCCCCCC. The number of hydrogen-bond acceptors (Lipinski definition) is 8. The highest BCUT2D eigenvalue weighted by atomic mass is 16.6. The molecule has 0 radical (unpaired) electrons. The van der Waals surface area contributed by atoms with Crippen LogP contribution in [0.2, 0.25) is 0 Å². The summed E-state index contributed by atoms with van der Waals surface area (Å²) in [5, 5.41) is 0. The van der Waals surface area contributed by atoms with Crippen molar-refractivity contribution in [1.29, 1.82) is 0 Å². The number of unbranched alkanes of at least 4 members (excludes halogenated alkanes) is 3. The van der Waals surface area contributed by atoms with Gasteiger partial charge in [-0.25, -0.2) is 4.79 Å². The van der Waals surface area contributed by atoms with Crippen LogP contribution in [0.5, 0.6) is 0 Å². The van der Waals surface area contributed by atoms with Gasteiger partial charge in [0, 0.05) is 12.0 Å². The number of methoxy groups -OCH3 is 3. The van der Waals surface area contributed by atoms with Crippen LogP contribution in [-0.4, -0.2) is 51.8 Å². The van der Waals surface area contributed by atoms with Gasteiger partial charge in [-0.3, -0.25) is 14.4 Å². The molecular weight excluding hydrogens is 332 g/mol. The summed E-state index contributed by atoms with van der Waals surface area (Å²) in [5.74, 6) is -4.42. The average molecular weight is 358 g/mol. The first kappa shape index (κ1) is 22.6. The third-order valence-electron chi connectivity index (χ3n) is 3.60. The van der Waals surface area contributed by atoms with E-state index in [4.69, 9.17) is 4.74 Å². The molecule has 0 aromatic rings. The molecule has 142 valence electrons. The zero-order valence-electron chi connectivity index (χ0n) is 15.2. The molecule has 0 heterocycles. The molecule has 0 aliphatic rings. The standard InChI is InChI=1S/C17H26O8/c1-6-7-8-9-10-25-13(18)12(2)11-17(14(19)22-3,15(20)23-4)16(21)24-5/h2,6-11H2,1,3-5H3. The van der Waals surface area contributed by atoms with E-state index in [1.54, 1.807) is 0 Å². The van der Waals surface area contributed by atoms with Crippen LogP contribution in [0.4, 0.5) is 0 Å². The molecule has 0 aromatic carbocycles. The summed E-state index contributed by atoms with van der Waals surface area (Å²) in [4.78, 5) is 48.3. The largest absolute Gasteiger partial charge is 0.468 e. The summed E-state index contributed by atoms with van der Waals surface area (Å²) >= 11 is 0. The maximum absolute atomic E-state index is 12.1. The van der Waals surface area contributed by atoms with Gasteiger partial charge in [0.1, 0.15) is 0 Å². The summed E-state index contributed by atoms with van der Waals surface area (Å²) in [6.07, 6.45) is 3.00. The molecule has 0 saturated carbocycles. The number of rotatable bonds is 11. The Balaban J connectivity index is 5.20. The Bertz CT molecular complexity index is 468. The van der Waals surface area contributed by atoms with Crippen LogP contribution in [0, 0.1) is 5.41 Å². The Morgan fingerprint density at radius 2 is 1.32 bits per heavy atom. The highest BCUT2D eigenvalue weighted by Gasteiger charge is 2.57. The topological polar surface area (TPSA) is 105 Å². The summed E-state index contributed by atoms with van der Waals surface area (Å²) in [6.45, 7) is 5.74. The highest BCUT2D eigenvalue weighted by molar-refractivity contribution is 6.18. The van der Waals surface area contributed by atoms with E-state index in [1.807, 2.05) is 0 Å². The van der Waals surface area contributed by atoms with Crippen molar-refractivity contribution in [2.75, 3.05) is 27.9 Å². The first-order valence-electron chi connectivity index (χ1n) is 7.91. The average Bonchev–Trinajstić information content (AvgIpc) is 2.63. The zero-order chi connectivity index (χ0) is 19.5. The Labute approximate surface area is 147 Å². The fraction of sp³-hybridized carbons (Fsp3) is 0.647. The molecule has 0 spiro atoms. The van der Waals surface area contributed by atoms with Crippen LogP contribution in [0.25, 0.3) is 0 Å². The lowest BCUT2D eigenvalue weighted by atomic mass is 9.81. The van der Waals surface area contributed by atoms with Crippen molar-refractivity contribution in [3.05, 3.63) is 12.2 Å². The third kappa shape index (κ3) is 5.88. The summed E-state index contributed by atoms with van der Waals surface area (Å²) < 4.78 is 18.6. The highest BCUT2D eigenvalue weighted by Crippen LogP contribution is 2.31. The van der Waals surface area contributed by atoms with E-state index in [1.165, 1.54) is 0 Å². The van der Waals surface area contributed by atoms with Crippen molar-refractivity contribution in [2.45, 2.75) is 39.0 Å². The minimum Gasteiger partial charge on any atom is -0.468 e. The normalized spacial score (nSPS) is 10.6. The first-order valence-corrected chi connectivity index (χ1v) is 7.91. The van der Waals surface area contributed by atoms with Gasteiger partial charge in [0.25, 0.3) is 5.41 Å². The Morgan fingerprint density at radius 3 is 1.72 bits per heavy atom. The smallest absolute Gasteiger partial charge is 0.335 e. The summed E-state index contributed by atoms with van der Waals surface area (Å²) in [7, 11) is 2.99. The van der Waals surface area contributed by atoms with Crippen LogP contribution in [0.15, 0.2) is 12.2 Å². The van der Waals surface area contributed by atoms with Crippen molar-refractivity contribution in [3.8, 4) is 0 Å². The molecule has 0 aromatic heterocycles. The molecule has 0 unspecified atom stereocenters. The number of carbonyl (C=O) groups excluding carboxylic acids is 4. The third-order valence-corrected chi connectivity index (χ3v) is 3.60. The van der Waals surface area contributed by atoms with Gasteiger partial charge in [0.05, 0.1) is 27.9 Å². The van der Waals surface area contributed by atoms with E-state index < -0.39 is 35.7 Å². The lowest BCUT2D eigenvalue weighted by Gasteiger charge is -2.25. The van der Waals surface area contributed by atoms with E-state index in [9.17, 15) is 19.2 Å². The van der Waals surface area contributed by atoms with E-state index in [0.29, 0.717) is 6.42 Å². The second-order valence-electron chi connectivity index (χ2n) is 5.36. The van der Waals surface area contributed by atoms with Gasteiger partial charge in [-0.15, -0.1) is 0 Å². The Kier molecular flexibility index (Phi) is 10.2. The lowest BCUT2D eigenvalue weighted by Crippen LogP contribution is -2.49. The Morgan fingerprint density at radius 1 is 0.840 bits per heavy atom. The minimum absolute atomic E-state index is 0.180. The van der Waals surface area contributed by atoms with Crippen LogP contribution >= 0.6 is 0 Å². The van der Waals surface area contributed by atoms with Gasteiger partial charge < -0.3 is 18.9 Å². The van der Waals surface area contributed by atoms with E-state index >= 15 is 0 Å². The fourth-order valence-corrected chi connectivity index (χ4v) is 2.18. The van der Waals surface area contributed by atoms with Gasteiger partial charge in [0.2, 0.25) is 0 Å². The van der Waals surface area contributed by atoms with Crippen LogP contribution in [-0.2, 0) is 38.1 Å². The molecule has 0 atom stereocenters. The molecule has 0 N–H and O–H groups in total. The number of esters is 4. The molecule has 8 nitrogen and oxygen atoms in total. The van der Waals surface area contributed by atoms with E-state index in [0.717, 1.165) is 40.6 Å². The van der Waals surface area contributed by atoms with Crippen LogP contribution < -0.4 is 0 Å². The molecular formula is C17H26O8. The Hall–Kier alpha value is -2.38. The maximum Gasteiger partial charge on any atom is 0.335 e. The predicted octanol–water partition coefficient (Wildman–Crippen LogP) is 1.56. The fourth-order valence-electron chi connectivity index (χ4n) is 2.18. The molecule has 0 rings (SSSR count). The second-order valence-corrected chi connectivity index (χ2v) is 5.36. The molecule has 8 heteroatoms. The van der Waals surface area contributed by atoms with Gasteiger partial charge >= 0.3 is 23.9 Å². The quantitative estimate of drug-likeness (QED) is 0.180. The second kappa shape index (κ2) is 11.2. The molecule has 25 heavy (non-hydrogen) atoms. The summed E-state index contributed by atoms with van der Waals surface area (Å²) in [6, 6.07) is 0. The van der Waals surface area contributed by atoms with Crippen molar-refractivity contribution < 1.29 is 38.1 Å². The summed E-state index contributed by atoms with van der Waals surface area (Å²) in [5.41, 5.74) is -2.70. The zero-order valence-corrected chi connectivity index (χ0v) is 15.2. The molecule has 0 aliphatic carbocycles. The van der Waals surface area contributed by atoms with Crippen molar-refractivity contribution in [1.82, 2.24) is 0 Å². The first-order chi connectivity index (χ1) is 11.8. The van der Waals surface area contributed by atoms with Crippen molar-refractivity contribution >= 4 is 23.9 Å². The minimum atomic E-state index is -2.46. The molecule has 0 aliphatic heterocycles. The van der Waals surface area contributed by atoms with Crippen LogP contribution in [0.3, 0.4) is 0 Å². The van der Waals surface area contributed by atoms with E-state index in [2.05, 4.69) is 27.7 Å². The van der Waals surface area contributed by atoms with Crippen molar-refractivity contribution in [3.63, 3.8) is 0 Å². The molecule has 0 bridgehead atoms. The predicted molar refractivity (Wildman–Crippen MR) is 87.3 cm³/mol. The molecule has 0 amide bonds. The van der Waals surface area contributed by atoms with E-state index in [-0.39, 0.29) is 12.2 Å². The number of hydrogen-bond donors (Lipinski definition) is 0. The van der Waals surface area contributed by atoms with Gasteiger partial charge in [-0.05, 0) is 6.42 Å². The van der Waals surface area contributed by atoms with Gasteiger partial charge in [-0.2, -0.15) is 0 Å². The number of carbonyl (C=O) groups is 4. The van der Waals surface area contributed by atoms with Crippen molar-refractivity contribution in [2.24, 2.45) is 5.41 Å². The van der Waals surface area contributed by atoms with Gasteiger partial charge in [-0.1, -0.05) is 32.8 Å². The van der Waals surface area contributed by atoms with Crippen LogP contribution in [0.1, 0.15) is 39.0 Å². The monoisotopic (exact) mass is 358 g/mol. The lowest BCUT2D eigenvalue weighted by molar-refractivity contribution is -0.180.